The van der Waals surface area contributed by atoms with E-state index in [0.717, 1.165) is 25.0 Å². The number of thioether (sulfide) groups is 1. The molecule has 3 heteroatoms. The van der Waals surface area contributed by atoms with Crippen molar-refractivity contribution < 1.29 is 9.53 Å². The van der Waals surface area contributed by atoms with Crippen LogP contribution in [0.1, 0.15) is 32.6 Å². The summed E-state index contributed by atoms with van der Waals surface area (Å²) in [5.74, 6) is 2.27. The Balaban J connectivity index is 1.79. The number of esters is 1. The Hall–Kier alpha value is -0.180. The monoisotopic (exact) mass is 200 g/mol. The molecule has 74 valence electrons. The minimum Gasteiger partial charge on any atom is -0.461 e. The van der Waals surface area contributed by atoms with Gasteiger partial charge in [0.25, 0.3) is 0 Å². The number of hydrogen-bond donors (Lipinski definition) is 0. The highest BCUT2D eigenvalue weighted by molar-refractivity contribution is 7.99. The molecule has 2 rings (SSSR count). The van der Waals surface area contributed by atoms with E-state index in [1.807, 2.05) is 18.7 Å². The van der Waals surface area contributed by atoms with Gasteiger partial charge < -0.3 is 4.74 Å². The normalized spacial score (nSPS) is 31.0. The maximum absolute atomic E-state index is 11.6. The van der Waals surface area contributed by atoms with Gasteiger partial charge in [-0.1, -0.05) is 0 Å². The summed E-state index contributed by atoms with van der Waals surface area (Å²) in [6.45, 7) is 2.01. The number of ether oxygens (including phenoxy) is 1. The van der Waals surface area contributed by atoms with E-state index in [0.29, 0.717) is 0 Å². The Kier molecular flexibility index (Phi) is 2.54. The second-order valence-electron chi connectivity index (χ2n) is 4.31. The first kappa shape index (κ1) is 9.38. The molecule has 13 heavy (non-hydrogen) atoms. The summed E-state index contributed by atoms with van der Waals surface area (Å²) in [6.07, 6.45) is 4.50. The van der Waals surface area contributed by atoms with Gasteiger partial charge >= 0.3 is 5.97 Å². The zero-order valence-corrected chi connectivity index (χ0v) is 8.86. The predicted octanol–water partition coefficient (Wildman–Crippen LogP) is 2.23. The van der Waals surface area contributed by atoms with Crippen LogP contribution in [-0.4, -0.2) is 23.6 Å². The quantitative estimate of drug-likeness (QED) is 0.639. The summed E-state index contributed by atoms with van der Waals surface area (Å²) < 4.78 is 5.46. The average Bonchev–Trinajstić information content (AvgIpc) is 2.87. The van der Waals surface area contributed by atoms with Crippen molar-refractivity contribution in [1.29, 1.82) is 0 Å². The minimum absolute atomic E-state index is 0.0417. The van der Waals surface area contributed by atoms with Crippen molar-refractivity contribution in [2.75, 3.05) is 11.5 Å². The molecule has 1 heterocycles. The molecule has 0 radical (unpaired) electrons. The third-order valence-corrected chi connectivity index (χ3v) is 4.07. The van der Waals surface area contributed by atoms with E-state index < -0.39 is 0 Å². The van der Waals surface area contributed by atoms with Crippen molar-refractivity contribution in [3.63, 3.8) is 0 Å². The first-order valence-electron chi connectivity index (χ1n) is 4.99. The van der Waals surface area contributed by atoms with E-state index in [-0.39, 0.29) is 17.5 Å². The largest absolute Gasteiger partial charge is 0.461 e. The van der Waals surface area contributed by atoms with Gasteiger partial charge in [-0.3, -0.25) is 4.79 Å². The Morgan fingerprint density at radius 1 is 1.54 bits per heavy atom. The minimum atomic E-state index is -0.109. The molecular formula is C10H16O2S. The molecule has 1 aliphatic heterocycles. The van der Waals surface area contributed by atoms with Gasteiger partial charge in [0.2, 0.25) is 0 Å². The van der Waals surface area contributed by atoms with Crippen molar-refractivity contribution >= 4 is 17.7 Å². The fraction of sp³-hybridized carbons (Fsp3) is 0.900. The van der Waals surface area contributed by atoms with Gasteiger partial charge in [-0.2, -0.15) is 11.8 Å². The smallest absolute Gasteiger partial charge is 0.312 e. The Labute approximate surface area is 83.4 Å². The van der Waals surface area contributed by atoms with Crippen LogP contribution in [0, 0.1) is 5.41 Å². The van der Waals surface area contributed by atoms with Gasteiger partial charge in [0.15, 0.2) is 0 Å². The highest BCUT2D eigenvalue weighted by Crippen LogP contribution is 2.46. The van der Waals surface area contributed by atoms with Crippen LogP contribution in [-0.2, 0) is 9.53 Å². The summed E-state index contributed by atoms with van der Waals surface area (Å²) in [6, 6.07) is 0. The third kappa shape index (κ3) is 2.19. The summed E-state index contributed by atoms with van der Waals surface area (Å²) >= 11 is 1.90. The first-order chi connectivity index (χ1) is 6.21. The molecule has 1 saturated heterocycles. The van der Waals surface area contributed by atoms with Crippen molar-refractivity contribution in [3.8, 4) is 0 Å². The average molecular weight is 200 g/mol. The molecule has 0 spiro atoms. The zero-order valence-electron chi connectivity index (χ0n) is 8.04. The third-order valence-electron chi connectivity index (χ3n) is 2.89. The van der Waals surface area contributed by atoms with Gasteiger partial charge in [0.05, 0.1) is 5.41 Å². The van der Waals surface area contributed by atoms with E-state index in [1.165, 1.54) is 12.2 Å². The fourth-order valence-corrected chi connectivity index (χ4v) is 2.52. The molecule has 0 aromatic carbocycles. The standard InChI is InChI=1S/C10H16O2S/c1-10(4-5-10)9(11)12-8-3-2-6-13-7-8/h8H,2-7H2,1H3. The van der Waals surface area contributed by atoms with Crippen molar-refractivity contribution in [2.24, 2.45) is 5.41 Å². The maximum Gasteiger partial charge on any atom is 0.312 e. The SMILES string of the molecule is CC1(C(=O)OC2CCCSC2)CC1. The van der Waals surface area contributed by atoms with Crippen LogP contribution < -0.4 is 0 Å². The van der Waals surface area contributed by atoms with Crippen LogP contribution >= 0.6 is 11.8 Å². The molecule has 0 aromatic rings. The highest BCUT2D eigenvalue weighted by atomic mass is 32.2. The molecule has 1 saturated carbocycles. The molecule has 2 fully saturated rings. The molecule has 0 bridgehead atoms. The van der Waals surface area contributed by atoms with Gasteiger partial charge in [0.1, 0.15) is 6.10 Å². The first-order valence-corrected chi connectivity index (χ1v) is 6.15. The predicted molar refractivity (Wildman–Crippen MR) is 53.8 cm³/mol. The topological polar surface area (TPSA) is 26.3 Å². The van der Waals surface area contributed by atoms with Gasteiger partial charge in [-0.25, -0.2) is 0 Å². The van der Waals surface area contributed by atoms with E-state index >= 15 is 0 Å². The molecule has 1 atom stereocenters. The van der Waals surface area contributed by atoms with E-state index in [9.17, 15) is 4.79 Å². The molecular weight excluding hydrogens is 184 g/mol. The van der Waals surface area contributed by atoms with Gasteiger partial charge in [-0.05, 0) is 38.4 Å². The molecule has 0 aromatic heterocycles. The van der Waals surface area contributed by atoms with Crippen molar-refractivity contribution in [1.82, 2.24) is 0 Å². The molecule has 0 amide bonds. The van der Waals surface area contributed by atoms with Crippen molar-refractivity contribution in [3.05, 3.63) is 0 Å². The molecule has 0 N–H and O–H groups in total. The lowest BCUT2D eigenvalue weighted by Gasteiger charge is -2.23. The second-order valence-corrected chi connectivity index (χ2v) is 5.45. The molecule has 2 nitrogen and oxygen atoms in total. The van der Waals surface area contributed by atoms with Crippen LogP contribution in [0.3, 0.4) is 0 Å². The second kappa shape index (κ2) is 3.52. The summed E-state index contributed by atoms with van der Waals surface area (Å²) in [4.78, 5) is 11.6. The Bertz CT molecular complexity index is 205. The van der Waals surface area contributed by atoms with E-state index in [2.05, 4.69) is 0 Å². The van der Waals surface area contributed by atoms with E-state index in [1.54, 1.807) is 0 Å². The fourth-order valence-electron chi connectivity index (χ4n) is 1.49. The summed E-state index contributed by atoms with van der Waals surface area (Å²) in [5, 5.41) is 0. The molecule has 2 aliphatic rings. The van der Waals surface area contributed by atoms with Crippen LogP contribution in [0.4, 0.5) is 0 Å². The maximum atomic E-state index is 11.6. The highest BCUT2D eigenvalue weighted by Gasteiger charge is 2.47. The number of carbonyl (C=O) groups excluding carboxylic acids is 1. The summed E-state index contributed by atoms with van der Waals surface area (Å²) in [5.41, 5.74) is -0.109. The lowest BCUT2D eigenvalue weighted by molar-refractivity contribution is -0.154. The Morgan fingerprint density at radius 2 is 2.31 bits per heavy atom. The summed E-state index contributed by atoms with van der Waals surface area (Å²) in [7, 11) is 0. The lowest BCUT2D eigenvalue weighted by Crippen LogP contribution is -2.27. The lowest BCUT2D eigenvalue weighted by atomic mass is 10.1. The van der Waals surface area contributed by atoms with Crippen LogP contribution in [0.5, 0.6) is 0 Å². The molecule has 1 unspecified atom stereocenters. The van der Waals surface area contributed by atoms with Crippen LogP contribution in [0.2, 0.25) is 0 Å². The van der Waals surface area contributed by atoms with Crippen LogP contribution in [0.15, 0.2) is 0 Å². The number of hydrogen-bond acceptors (Lipinski definition) is 3. The van der Waals surface area contributed by atoms with Gasteiger partial charge in [-0.15, -0.1) is 0 Å². The Morgan fingerprint density at radius 3 is 2.85 bits per heavy atom. The zero-order chi connectivity index (χ0) is 9.31. The van der Waals surface area contributed by atoms with E-state index in [4.69, 9.17) is 4.74 Å². The molecule has 1 aliphatic carbocycles. The number of rotatable bonds is 2. The number of carbonyl (C=O) groups is 1. The van der Waals surface area contributed by atoms with Crippen molar-refractivity contribution in [2.45, 2.75) is 38.7 Å². The van der Waals surface area contributed by atoms with Gasteiger partial charge in [0, 0.05) is 5.75 Å². The van der Waals surface area contributed by atoms with Crippen LogP contribution in [0.25, 0.3) is 0 Å².